The summed E-state index contributed by atoms with van der Waals surface area (Å²) in [4.78, 5) is 17.2. The minimum Gasteiger partial charge on any atom is -0.382 e. The molecule has 0 atom stereocenters. The van der Waals surface area contributed by atoms with Crippen molar-refractivity contribution in [2.75, 3.05) is 16.4 Å². The average molecular weight is 533 g/mol. The number of benzene rings is 2. The van der Waals surface area contributed by atoms with E-state index in [1.54, 1.807) is 65.2 Å². The Morgan fingerprint density at radius 3 is 2.45 bits per heavy atom. The molecule has 0 aliphatic heterocycles. The molecule has 2 aromatic carbocycles. The van der Waals surface area contributed by atoms with Crippen LogP contribution in [0.4, 0.5) is 26.5 Å². The Bertz CT molecular complexity index is 1670. The first-order chi connectivity index (χ1) is 18.0. The molecule has 0 aliphatic carbocycles. The quantitative estimate of drug-likeness (QED) is 0.257. The van der Waals surface area contributed by atoms with Gasteiger partial charge in [-0.15, -0.1) is 0 Å². The number of amides is 2. The Labute approximate surface area is 223 Å². The zero-order chi connectivity index (χ0) is 27.2. The van der Waals surface area contributed by atoms with Gasteiger partial charge in [-0.3, -0.25) is 15.0 Å². The molecule has 0 fully saturated rings. The van der Waals surface area contributed by atoms with Gasteiger partial charge in [-0.1, -0.05) is 38.4 Å². The smallest absolute Gasteiger partial charge is 0.324 e. The number of nitrogens with two attached hydrogens (primary N) is 1. The minimum absolute atomic E-state index is 0.0131. The van der Waals surface area contributed by atoms with E-state index >= 15 is 4.39 Å². The van der Waals surface area contributed by atoms with Gasteiger partial charge in [0.05, 0.1) is 34.2 Å². The van der Waals surface area contributed by atoms with E-state index in [2.05, 4.69) is 25.8 Å². The Hall–Kier alpha value is -4.44. The van der Waals surface area contributed by atoms with Crippen LogP contribution in [0.5, 0.6) is 0 Å². The lowest BCUT2D eigenvalue weighted by Crippen LogP contribution is -2.22. The monoisotopic (exact) mass is 532 g/mol. The van der Waals surface area contributed by atoms with Gasteiger partial charge >= 0.3 is 6.03 Å². The van der Waals surface area contributed by atoms with Crippen LogP contribution >= 0.6 is 11.6 Å². The summed E-state index contributed by atoms with van der Waals surface area (Å²) >= 11 is 6.03. The number of nitrogen functional groups attached to an aromatic ring is 1. The number of hydrogen-bond donors (Lipinski definition) is 3. The second-order valence-electron chi connectivity index (χ2n) is 9.92. The molecule has 194 valence electrons. The van der Waals surface area contributed by atoms with Gasteiger partial charge in [0, 0.05) is 35.3 Å². The molecule has 0 saturated carbocycles. The topological polar surface area (TPSA) is 116 Å². The van der Waals surface area contributed by atoms with Gasteiger partial charge in [0.15, 0.2) is 5.82 Å². The standard InChI is InChI=1S/C27H26ClFN8O/c1-27(2,3)22-12-23(37(34-22)17-8-6-16(28)7-9-17)33-26(38)32-20-10-5-15(11-19(20)29)18-13-31-14-21-24(18)25(30)35-36(21)4/h5-14H,1-4H3,(H2,30,35)(H2,32,33,38). The number of aromatic nitrogens is 5. The second-order valence-corrected chi connectivity index (χ2v) is 10.4. The molecule has 9 nitrogen and oxygen atoms in total. The van der Waals surface area contributed by atoms with Crippen molar-refractivity contribution >= 4 is 45.9 Å². The first kappa shape index (κ1) is 25.2. The van der Waals surface area contributed by atoms with Gasteiger partial charge in [-0.05, 0) is 42.0 Å². The van der Waals surface area contributed by atoms with Gasteiger partial charge in [-0.2, -0.15) is 10.2 Å². The molecule has 5 aromatic rings. The SMILES string of the molecule is Cn1nc(N)c2c(-c3ccc(NC(=O)Nc4cc(C(C)(C)C)nn4-c4ccc(Cl)cc4)c(F)c3)cncc21. The van der Waals surface area contributed by atoms with E-state index in [1.807, 2.05) is 20.8 Å². The Morgan fingerprint density at radius 1 is 1.03 bits per heavy atom. The highest BCUT2D eigenvalue weighted by Gasteiger charge is 2.22. The number of nitrogens with one attached hydrogen (secondary N) is 2. The summed E-state index contributed by atoms with van der Waals surface area (Å²) in [5, 5.41) is 15.5. The summed E-state index contributed by atoms with van der Waals surface area (Å²) < 4.78 is 18.4. The number of carbonyl (C=O) groups excluding carboxylic acids is 1. The maximum atomic E-state index is 15.1. The van der Waals surface area contributed by atoms with Crippen LogP contribution in [-0.4, -0.2) is 30.6 Å². The van der Waals surface area contributed by atoms with Crippen molar-refractivity contribution in [3.8, 4) is 16.8 Å². The van der Waals surface area contributed by atoms with E-state index in [1.165, 1.54) is 12.1 Å². The van der Waals surface area contributed by atoms with E-state index in [4.69, 9.17) is 17.3 Å². The van der Waals surface area contributed by atoms with E-state index in [0.717, 1.165) is 11.2 Å². The van der Waals surface area contributed by atoms with Crippen LogP contribution in [0.15, 0.2) is 60.9 Å². The molecule has 0 radical (unpaired) electrons. The third-order valence-electron chi connectivity index (χ3n) is 6.11. The van der Waals surface area contributed by atoms with Crippen LogP contribution in [0.2, 0.25) is 5.02 Å². The number of nitrogens with zero attached hydrogens (tertiary/aromatic N) is 5. The third-order valence-corrected chi connectivity index (χ3v) is 6.36. The number of anilines is 3. The van der Waals surface area contributed by atoms with Crippen molar-refractivity contribution in [2.24, 2.45) is 7.05 Å². The third kappa shape index (κ3) is 4.78. The highest BCUT2D eigenvalue weighted by Crippen LogP contribution is 2.33. The number of carbonyl (C=O) groups is 1. The fourth-order valence-corrected chi connectivity index (χ4v) is 4.24. The molecule has 0 aliphatic rings. The van der Waals surface area contributed by atoms with Gasteiger partial charge in [0.2, 0.25) is 0 Å². The van der Waals surface area contributed by atoms with Crippen LogP contribution in [0.3, 0.4) is 0 Å². The summed E-state index contributed by atoms with van der Waals surface area (Å²) in [5.74, 6) is 0.143. The van der Waals surface area contributed by atoms with Gasteiger partial charge in [-0.25, -0.2) is 13.9 Å². The first-order valence-electron chi connectivity index (χ1n) is 11.8. The van der Waals surface area contributed by atoms with Crippen molar-refractivity contribution in [3.63, 3.8) is 0 Å². The molecule has 0 bridgehead atoms. The summed E-state index contributed by atoms with van der Waals surface area (Å²) in [7, 11) is 1.76. The number of rotatable bonds is 4. The highest BCUT2D eigenvalue weighted by atomic mass is 35.5. The van der Waals surface area contributed by atoms with Crippen LogP contribution in [0.25, 0.3) is 27.7 Å². The maximum absolute atomic E-state index is 15.1. The van der Waals surface area contributed by atoms with Gasteiger partial charge < -0.3 is 11.1 Å². The number of hydrogen-bond acceptors (Lipinski definition) is 5. The maximum Gasteiger partial charge on any atom is 0.324 e. The molecule has 11 heteroatoms. The molecular weight excluding hydrogens is 507 g/mol. The Morgan fingerprint density at radius 2 is 1.76 bits per heavy atom. The van der Waals surface area contributed by atoms with Crippen LogP contribution in [-0.2, 0) is 12.5 Å². The van der Waals surface area contributed by atoms with Crippen molar-refractivity contribution in [1.82, 2.24) is 24.5 Å². The number of urea groups is 1. The van der Waals surface area contributed by atoms with Crippen molar-refractivity contribution in [3.05, 3.63) is 77.5 Å². The van der Waals surface area contributed by atoms with Crippen molar-refractivity contribution in [1.29, 1.82) is 0 Å². The zero-order valence-electron chi connectivity index (χ0n) is 21.3. The molecule has 0 saturated heterocycles. The minimum atomic E-state index is -0.618. The number of pyridine rings is 1. The number of fused-ring (bicyclic) bond motifs is 1. The molecule has 38 heavy (non-hydrogen) atoms. The molecule has 3 aromatic heterocycles. The highest BCUT2D eigenvalue weighted by molar-refractivity contribution is 6.30. The summed E-state index contributed by atoms with van der Waals surface area (Å²) in [6.07, 6.45) is 3.26. The molecule has 3 heterocycles. The average Bonchev–Trinajstić information content (AvgIpc) is 3.41. The Balaban J connectivity index is 1.41. The number of aryl methyl sites for hydroxylation is 1. The van der Waals surface area contributed by atoms with E-state index in [0.29, 0.717) is 38.9 Å². The fourth-order valence-electron chi connectivity index (χ4n) is 4.12. The number of halogens is 2. The van der Waals surface area contributed by atoms with Crippen LogP contribution < -0.4 is 16.4 Å². The van der Waals surface area contributed by atoms with Crippen molar-refractivity contribution in [2.45, 2.75) is 26.2 Å². The largest absolute Gasteiger partial charge is 0.382 e. The summed E-state index contributed by atoms with van der Waals surface area (Å²) in [5.41, 5.74) is 9.25. The van der Waals surface area contributed by atoms with Crippen LogP contribution in [0, 0.1) is 5.82 Å². The van der Waals surface area contributed by atoms with E-state index in [-0.39, 0.29) is 11.1 Å². The Kier molecular flexibility index (Phi) is 6.28. The van der Waals surface area contributed by atoms with Gasteiger partial charge in [0.1, 0.15) is 11.6 Å². The lowest BCUT2D eigenvalue weighted by atomic mass is 9.92. The molecule has 4 N–H and O–H groups in total. The van der Waals surface area contributed by atoms with Crippen molar-refractivity contribution < 1.29 is 9.18 Å². The van der Waals surface area contributed by atoms with E-state index < -0.39 is 11.8 Å². The first-order valence-corrected chi connectivity index (χ1v) is 12.2. The fraction of sp³-hybridized carbons (Fsp3) is 0.185. The normalized spacial score (nSPS) is 11.6. The summed E-state index contributed by atoms with van der Waals surface area (Å²) in [6, 6.07) is 12.8. The molecule has 0 spiro atoms. The summed E-state index contributed by atoms with van der Waals surface area (Å²) in [6.45, 7) is 6.08. The van der Waals surface area contributed by atoms with E-state index in [9.17, 15) is 4.79 Å². The zero-order valence-corrected chi connectivity index (χ0v) is 22.0. The lowest BCUT2D eigenvalue weighted by Gasteiger charge is -2.14. The molecular formula is C27H26ClFN8O. The predicted molar refractivity (Wildman–Crippen MR) is 148 cm³/mol. The lowest BCUT2D eigenvalue weighted by molar-refractivity contribution is 0.262. The molecule has 5 rings (SSSR count). The molecule has 0 unspecified atom stereocenters. The second kappa shape index (κ2) is 9.46. The van der Waals surface area contributed by atoms with Gasteiger partial charge in [0.25, 0.3) is 0 Å². The molecule has 2 amide bonds. The van der Waals surface area contributed by atoms with Crippen LogP contribution in [0.1, 0.15) is 26.5 Å². The predicted octanol–water partition coefficient (Wildman–Crippen LogP) is 6.14.